The van der Waals surface area contributed by atoms with Gasteiger partial charge in [-0.1, -0.05) is 35.9 Å². The smallest absolute Gasteiger partial charge is 0.287 e. The summed E-state index contributed by atoms with van der Waals surface area (Å²) in [6, 6.07) is 16.1. The number of hydrogen-bond acceptors (Lipinski definition) is 4. The van der Waals surface area contributed by atoms with E-state index in [4.69, 9.17) is 4.42 Å². The Morgan fingerprint density at radius 3 is 2.71 bits per heavy atom. The van der Waals surface area contributed by atoms with Crippen molar-refractivity contribution in [3.8, 4) is 0 Å². The molecule has 5 heteroatoms. The zero-order chi connectivity index (χ0) is 16.8. The van der Waals surface area contributed by atoms with Gasteiger partial charge in [-0.2, -0.15) is 0 Å². The molecule has 3 rings (SSSR count). The Kier molecular flexibility index (Phi) is 5.77. The summed E-state index contributed by atoms with van der Waals surface area (Å²) in [5, 5.41) is 4.87. The van der Waals surface area contributed by atoms with Crippen molar-refractivity contribution in [1.82, 2.24) is 5.32 Å². The summed E-state index contributed by atoms with van der Waals surface area (Å²) in [4.78, 5) is 13.2. The van der Waals surface area contributed by atoms with E-state index in [1.807, 2.05) is 23.6 Å². The van der Waals surface area contributed by atoms with Gasteiger partial charge in [0.15, 0.2) is 5.76 Å². The molecule has 0 saturated heterocycles. The van der Waals surface area contributed by atoms with Gasteiger partial charge < -0.3 is 9.73 Å². The van der Waals surface area contributed by atoms with Crippen LogP contribution in [0.1, 0.15) is 32.3 Å². The van der Waals surface area contributed by atoms with Gasteiger partial charge in [0.05, 0.1) is 12.3 Å². The SMILES string of the molecule is Cc1ccc(CSCc2ccc(C(=O)NCc3cccs3)o2)cc1. The summed E-state index contributed by atoms with van der Waals surface area (Å²) in [5.41, 5.74) is 2.57. The van der Waals surface area contributed by atoms with E-state index in [0.717, 1.165) is 22.1 Å². The fourth-order valence-electron chi connectivity index (χ4n) is 2.20. The molecule has 0 aliphatic rings. The van der Waals surface area contributed by atoms with Gasteiger partial charge in [0.2, 0.25) is 0 Å². The normalized spacial score (nSPS) is 10.7. The average Bonchev–Trinajstić information content (AvgIpc) is 3.26. The summed E-state index contributed by atoms with van der Waals surface area (Å²) >= 11 is 3.40. The fraction of sp³-hybridized carbons (Fsp3) is 0.211. The maximum atomic E-state index is 12.1. The number of amides is 1. The lowest BCUT2D eigenvalue weighted by atomic mass is 10.2. The number of rotatable bonds is 7. The number of thiophene rings is 1. The van der Waals surface area contributed by atoms with Crippen LogP contribution in [-0.2, 0) is 18.1 Å². The van der Waals surface area contributed by atoms with Crippen molar-refractivity contribution >= 4 is 29.0 Å². The molecule has 1 aromatic carbocycles. The third kappa shape index (κ3) is 4.76. The molecule has 1 N–H and O–H groups in total. The average molecular weight is 358 g/mol. The van der Waals surface area contributed by atoms with Crippen molar-refractivity contribution in [3.05, 3.63) is 81.4 Å². The summed E-state index contributed by atoms with van der Waals surface area (Å²) in [5.74, 6) is 2.72. The maximum Gasteiger partial charge on any atom is 0.287 e. The van der Waals surface area contributed by atoms with Crippen LogP contribution in [0.3, 0.4) is 0 Å². The number of aryl methyl sites for hydroxylation is 1. The van der Waals surface area contributed by atoms with E-state index in [9.17, 15) is 4.79 Å². The number of hydrogen-bond donors (Lipinski definition) is 1. The molecule has 0 unspecified atom stereocenters. The summed E-state index contributed by atoms with van der Waals surface area (Å²) in [6.45, 7) is 2.62. The summed E-state index contributed by atoms with van der Waals surface area (Å²) in [7, 11) is 0. The number of furan rings is 1. The lowest BCUT2D eigenvalue weighted by Crippen LogP contribution is -2.21. The highest BCUT2D eigenvalue weighted by atomic mass is 32.2. The molecule has 0 atom stereocenters. The fourth-order valence-corrected chi connectivity index (χ4v) is 3.73. The molecule has 0 aliphatic heterocycles. The Hall–Kier alpha value is -1.98. The molecule has 0 saturated carbocycles. The third-order valence-electron chi connectivity index (χ3n) is 3.52. The molecule has 0 aliphatic carbocycles. The molecule has 0 bridgehead atoms. The second-order valence-electron chi connectivity index (χ2n) is 5.51. The molecule has 2 heterocycles. The lowest BCUT2D eigenvalue weighted by molar-refractivity contribution is 0.0922. The monoisotopic (exact) mass is 357 g/mol. The van der Waals surface area contributed by atoms with Crippen molar-refractivity contribution in [1.29, 1.82) is 0 Å². The van der Waals surface area contributed by atoms with Gasteiger partial charge >= 0.3 is 0 Å². The maximum absolute atomic E-state index is 12.1. The van der Waals surface area contributed by atoms with Gasteiger partial charge in [0.1, 0.15) is 5.76 Å². The Labute approximate surface area is 150 Å². The van der Waals surface area contributed by atoms with Crippen molar-refractivity contribution in [3.63, 3.8) is 0 Å². The Balaban J connectivity index is 1.46. The molecule has 24 heavy (non-hydrogen) atoms. The van der Waals surface area contributed by atoms with Crippen LogP contribution in [-0.4, -0.2) is 5.91 Å². The number of carbonyl (C=O) groups is 1. The standard InChI is InChI=1S/C19H19NO2S2/c1-14-4-6-15(7-5-14)12-23-13-16-8-9-18(22-16)19(21)20-11-17-3-2-10-24-17/h2-10H,11-13H2,1H3,(H,20,21). The topological polar surface area (TPSA) is 42.2 Å². The Bertz CT molecular complexity index is 776. The predicted octanol–water partition coefficient (Wildman–Crippen LogP) is 5.01. The second kappa shape index (κ2) is 8.22. The molecule has 0 radical (unpaired) electrons. The van der Waals surface area contributed by atoms with Gasteiger partial charge in [0.25, 0.3) is 5.91 Å². The van der Waals surface area contributed by atoms with E-state index in [1.165, 1.54) is 11.1 Å². The summed E-state index contributed by atoms with van der Waals surface area (Å²) < 4.78 is 5.64. The van der Waals surface area contributed by atoms with Crippen molar-refractivity contribution < 1.29 is 9.21 Å². The molecule has 0 spiro atoms. The molecule has 2 aromatic heterocycles. The van der Waals surface area contributed by atoms with Crippen LogP contribution in [0.5, 0.6) is 0 Å². The Morgan fingerprint density at radius 2 is 1.96 bits per heavy atom. The van der Waals surface area contributed by atoms with E-state index in [1.54, 1.807) is 29.2 Å². The zero-order valence-corrected chi connectivity index (χ0v) is 15.1. The number of benzene rings is 1. The van der Waals surface area contributed by atoms with Crippen LogP contribution >= 0.6 is 23.1 Å². The van der Waals surface area contributed by atoms with Gasteiger partial charge in [0, 0.05) is 10.6 Å². The first-order chi connectivity index (χ1) is 11.7. The van der Waals surface area contributed by atoms with E-state index in [-0.39, 0.29) is 5.91 Å². The number of carbonyl (C=O) groups excluding carboxylic acids is 1. The molecule has 1 amide bonds. The minimum absolute atomic E-state index is 0.168. The van der Waals surface area contributed by atoms with Gasteiger partial charge in [-0.15, -0.1) is 23.1 Å². The van der Waals surface area contributed by atoms with Crippen LogP contribution in [0.25, 0.3) is 0 Å². The molecular weight excluding hydrogens is 338 g/mol. The highest BCUT2D eigenvalue weighted by molar-refractivity contribution is 7.97. The van der Waals surface area contributed by atoms with E-state index in [0.29, 0.717) is 12.3 Å². The number of nitrogens with one attached hydrogen (secondary N) is 1. The second-order valence-corrected chi connectivity index (χ2v) is 7.52. The number of thioether (sulfide) groups is 1. The minimum atomic E-state index is -0.168. The van der Waals surface area contributed by atoms with E-state index < -0.39 is 0 Å². The van der Waals surface area contributed by atoms with E-state index >= 15 is 0 Å². The molecular formula is C19H19NO2S2. The largest absolute Gasteiger partial charge is 0.455 e. The van der Waals surface area contributed by atoms with E-state index in [2.05, 4.69) is 36.5 Å². The van der Waals surface area contributed by atoms with Gasteiger partial charge in [-0.3, -0.25) is 4.79 Å². The quantitative estimate of drug-likeness (QED) is 0.646. The molecule has 3 aromatic rings. The van der Waals surface area contributed by atoms with Crippen LogP contribution in [0.4, 0.5) is 0 Å². The molecule has 3 nitrogen and oxygen atoms in total. The first-order valence-corrected chi connectivity index (χ1v) is 9.77. The van der Waals surface area contributed by atoms with Gasteiger partial charge in [-0.25, -0.2) is 0 Å². The van der Waals surface area contributed by atoms with Crippen LogP contribution in [0.15, 0.2) is 58.3 Å². The molecule has 124 valence electrons. The summed E-state index contributed by atoms with van der Waals surface area (Å²) in [6.07, 6.45) is 0. The lowest BCUT2D eigenvalue weighted by Gasteiger charge is -2.02. The van der Waals surface area contributed by atoms with Gasteiger partial charge in [-0.05, 0) is 36.1 Å². The first kappa shape index (κ1) is 16.9. The van der Waals surface area contributed by atoms with Crippen molar-refractivity contribution in [2.75, 3.05) is 0 Å². The predicted molar refractivity (Wildman–Crippen MR) is 100 cm³/mol. The van der Waals surface area contributed by atoms with Crippen LogP contribution in [0, 0.1) is 6.92 Å². The highest BCUT2D eigenvalue weighted by Crippen LogP contribution is 2.20. The minimum Gasteiger partial charge on any atom is -0.455 e. The highest BCUT2D eigenvalue weighted by Gasteiger charge is 2.11. The van der Waals surface area contributed by atoms with Crippen molar-refractivity contribution in [2.45, 2.75) is 25.0 Å². The van der Waals surface area contributed by atoms with Crippen LogP contribution < -0.4 is 5.32 Å². The first-order valence-electron chi connectivity index (χ1n) is 7.73. The zero-order valence-electron chi connectivity index (χ0n) is 13.5. The Morgan fingerprint density at radius 1 is 1.12 bits per heavy atom. The van der Waals surface area contributed by atoms with Crippen LogP contribution in [0.2, 0.25) is 0 Å². The molecule has 0 fully saturated rings. The van der Waals surface area contributed by atoms with Crippen molar-refractivity contribution in [2.24, 2.45) is 0 Å². The third-order valence-corrected chi connectivity index (χ3v) is 5.42.